The number of thiophene rings is 1. The Morgan fingerprint density at radius 3 is 2.90 bits per heavy atom. The molecule has 20 heavy (non-hydrogen) atoms. The zero-order chi connectivity index (χ0) is 14.5. The van der Waals surface area contributed by atoms with Gasteiger partial charge < -0.3 is 5.32 Å². The zero-order valence-corrected chi connectivity index (χ0v) is 11.6. The van der Waals surface area contributed by atoms with Crippen molar-refractivity contribution in [3.8, 4) is 0 Å². The van der Waals surface area contributed by atoms with Crippen LogP contribution < -0.4 is 5.32 Å². The first kappa shape index (κ1) is 14.3. The minimum absolute atomic E-state index is 0.0230. The Morgan fingerprint density at radius 2 is 2.25 bits per heavy atom. The van der Waals surface area contributed by atoms with Gasteiger partial charge in [0.25, 0.3) is 5.91 Å². The van der Waals surface area contributed by atoms with Gasteiger partial charge in [0.2, 0.25) is 0 Å². The Hall–Kier alpha value is -2.08. The number of hydrogen-bond donors (Lipinski definition) is 1. The maximum absolute atomic E-state index is 13.0. The molecule has 0 aliphatic carbocycles. The van der Waals surface area contributed by atoms with Crippen LogP contribution in [0.25, 0.3) is 0 Å². The molecule has 6 heteroatoms. The molecule has 0 bridgehead atoms. The lowest BCUT2D eigenvalue weighted by Gasteiger charge is -2.12. The first-order chi connectivity index (χ1) is 9.56. The summed E-state index contributed by atoms with van der Waals surface area (Å²) in [6.07, 6.45) is 2.52. The molecule has 0 spiro atoms. The Morgan fingerprint density at radius 1 is 1.45 bits per heavy atom. The summed E-state index contributed by atoms with van der Waals surface area (Å²) in [5.41, 5.74) is 0.139. The van der Waals surface area contributed by atoms with Crippen molar-refractivity contribution in [2.45, 2.75) is 19.4 Å². The highest BCUT2D eigenvalue weighted by Gasteiger charge is 2.15. The van der Waals surface area contributed by atoms with E-state index < -0.39 is 11.7 Å². The predicted molar refractivity (Wildman–Crippen MR) is 74.4 cm³/mol. The molecule has 0 saturated heterocycles. The van der Waals surface area contributed by atoms with Gasteiger partial charge in [-0.25, -0.2) is 4.39 Å². The van der Waals surface area contributed by atoms with Gasteiger partial charge >= 0.3 is 0 Å². The van der Waals surface area contributed by atoms with Gasteiger partial charge in [0, 0.05) is 18.7 Å². The number of Topliss-reactive ketones (excluding diaryl/α,β-unsaturated/α-hetero) is 1. The molecule has 0 unspecified atom stereocenters. The fourth-order valence-electron chi connectivity index (χ4n) is 1.71. The predicted octanol–water partition coefficient (Wildman–Crippen LogP) is 2.67. The fraction of sp³-hybridized carbons (Fsp3) is 0.214. The van der Waals surface area contributed by atoms with Crippen LogP contribution >= 0.6 is 11.3 Å². The van der Waals surface area contributed by atoms with Crippen LogP contribution in [0.2, 0.25) is 0 Å². The number of nitrogens with one attached hydrogen (secondary N) is 1. The molecule has 1 atom stereocenters. The van der Waals surface area contributed by atoms with Crippen molar-refractivity contribution < 1.29 is 14.0 Å². The average Bonchev–Trinajstić information content (AvgIpc) is 2.92. The Balaban J connectivity index is 1.93. The number of pyridine rings is 1. The summed E-state index contributed by atoms with van der Waals surface area (Å²) in [7, 11) is 0. The van der Waals surface area contributed by atoms with Gasteiger partial charge in [-0.2, -0.15) is 0 Å². The molecule has 2 heterocycles. The normalized spacial score (nSPS) is 11.9. The van der Waals surface area contributed by atoms with E-state index in [-0.39, 0.29) is 23.8 Å². The van der Waals surface area contributed by atoms with Crippen LogP contribution in [-0.2, 0) is 0 Å². The molecule has 104 valence electrons. The lowest BCUT2D eigenvalue weighted by atomic mass is 10.1. The monoisotopic (exact) mass is 292 g/mol. The van der Waals surface area contributed by atoms with E-state index >= 15 is 0 Å². The molecule has 0 aliphatic heterocycles. The summed E-state index contributed by atoms with van der Waals surface area (Å²) in [5, 5.41) is 4.48. The highest BCUT2D eigenvalue weighted by Crippen LogP contribution is 2.12. The van der Waals surface area contributed by atoms with Crippen LogP contribution in [0.4, 0.5) is 4.39 Å². The third kappa shape index (κ3) is 3.71. The molecule has 1 amide bonds. The molecular weight excluding hydrogens is 279 g/mol. The third-order valence-corrected chi connectivity index (χ3v) is 3.54. The van der Waals surface area contributed by atoms with Gasteiger partial charge in [-0.05, 0) is 24.4 Å². The molecule has 2 aromatic heterocycles. The Kier molecular flexibility index (Phi) is 4.57. The number of carbonyl (C=O) groups excluding carboxylic acids is 2. The quantitative estimate of drug-likeness (QED) is 0.862. The van der Waals surface area contributed by atoms with Gasteiger partial charge in [0.05, 0.1) is 16.6 Å². The fourth-order valence-corrected chi connectivity index (χ4v) is 2.39. The van der Waals surface area contributed by atoms with E-state index in [2.05, 4.69) is 10.3 Å². The topological polar surface area (TPSA) is 59.1 Å². The van der Waals surface area contributed by atoms with Gasteiger partial charge in [-0.1, -0.05) is 6.07 Å². The lowest BCUT2D eigenvalue weighted by molar-refractivity contribution is 0.0918. The number of ketones is 1. The highest BCUT2D eigenvalue weighted by molar-refractivity contribution is 7.12. The molecule has 0 aliphatic rings. The summed E-state index contributed by atoms with van der Waals surface area (Å²) in [4.78, 5) is 28.0. The number of carbonyl (C=O) groups is 2. The van der Waals surface area contributed by atoms with Crippen LogP contribution in [0.1, 0.15) is 33.4 Å². The maximum atomic E-state index is 13.0. The Bertz CT molecular complexity index is 613. The van der Waals surface area contributed by atoms with Crippen LogP contribution in [0, 0.1) is 5.82 Å². The average molecular weight is 292 g/mol. The summed E-state index contributed by atoms with van der Waals surface area (Å²) >= 11 is 1.37. The van der Waals surface area contributed by atoms with Crippen molar-refractivity contribution in [2.75, 3.05) is 0 Å². The number of halogens is 1. The van der Waals surface area contributed by atoms with E-state index in [4.69, 9.17) is 0 Å². The van der Waals surface area contributed by atoms with Gasteiger partial charge in [-0.3, -0.25) is 14.6 Å². The number of aromatic nitrogens is 1. The molecular formula is C14H13FN2O2S. The van der Waals surface area contributed by atoms with Crippen LogP contribution in [0.3, 0.4) is 0 Å². The van der Waals surface area contributed by atoms with E-state index in [0.717, 1.165) is 12.3 Å². The first-order valence-electron chi connectivity index (χ1n) is 6.04. The number of nitrogens with zero attached hydrogens (tertiary/aromatic N) is 1. The molecule has 0 radical (unpaired) electrons. The Labute approximate surface area is 119 Å². The molecule has 0 fully saturated rings. The van der Waals surface area contributed by atoms with E-state index in [9.17, 15) is 14.0 Å². The molecule has 4 nitrogen and oxygen atoms in total. The van der Waals surface area contributed by atoms with Gasteiger partial charge in [0.1, 0.15) is 5.82 Å². The van der Waals surface area contributed by atoms with Gasteiger partial charge in [-0.15, -0.1) is 11.3 Å². The van der Waals surface area contributed by atoms with Crippen molar-refractivity contribution in [1.82, 2.24) is 10.3 Å². The van der Waals surface area contributed by atoms with E-state index in [0.29, 0.717) is 4.88 Å². The van der Waals surface area contributed by atoms with Crippen molar-refractivity contribution in [3.05, 3.63) is 52.2 Å². The highest BCUT2D eigenvalue weighted by atomic mass is 32.1. The van der Waals surface area contributed by atoms with Crippen LogP contribution in [0.15, 0.2) is 36.0 Å². The molecule has 0 aromatic carbocycles. The zero-order valence-electron chi connectivity index (χ0n) is 10.8. The van der Waals surface area contributed by atoms with Crippen LogP contribution in [-0.4, -0.2) is 22.7 Å². The number of rotatable bonds is 5. The molecule has 2 rings (SSSR count). The molecule has 1 N–H and O–H groups in total. The minimum Gasteiger partial charge on any atom is -0.349 e. The standard InChI is InChI=1S/C14H13FN2O2S/c1-9(5-12(18)13-3-2-4-20-13)17-14(19)10-6-11(15)8-16-7-10/h2-4,6-9H,5H2,1H3,(H,17,19)/t9-/m0/s1. The SMILES string of the molecule is C[C@@H](CC(=O)c1cccs1)NC(=O)c1cncc(F)c1. The van der Waals surface area contributed by atoms with E-state index in [1.165, 1.54) is 17.5 Å². The largest absolute Gasteiger partial charge is 0.349 e. The van der Waals surface area contributed by atoms with Crippen molar-refractivity contribution >= 4 is 23.0 Å². The summed E-state index contributed by atoms with van der Waals surface area (Å²) in [6, 6.07) is 4.33. The first-order valence-corrected chi connectivity index (χ1v) is 6.92. The second kappa shape index (κ2) is 6.38. The summed E-state index contributed by atoms with van der Waals surface area (Å²) in [5.74, 6) is -1.03. The second-order valence-corrected chi connectivity index (χ2v) is 5.32. The van der Waals surface area contributed by atoms with E-state index in [1.54, 1.807) is 19.1 Å². The number of amides is 1. The lowest BCUT2D eigenvalue weighted by Crippen LogP contribution is -2.34. The minimum atomic E-state index is -0.569. The summed E-state index contributed by atoms with van der Waals surface area (Å²) in [6.45, 7) is 1.73. The smallest absolute Gasteiger partial charge is 0.253 e. The van der Waals surface area contributed by atoms with Crippen molar-refractivity contribution in [1.29, 1.82) is 0 Å². The molecule has 0 saturated carbocycles. The second-order valence-electron chi connectivity index (χ2n) is 4.37. The van der Waals surface area contributed by atoms with E-state index in [1.807, 2.05) is 5.38 Å². The summed E-state index contributed by atoms with van der Waals surface area (Å²) < 4.78 is 13.0. The van der Waals surface area contributed by atoms with Crippen molar-refractivity contribution in [2.24, 2.45) is 0 Å². The molecule has 2 aromatic rings. The third-order valence-electron chi connectivity index (χ3n) is 2.63. The van der Waals surface area contributed by atoms with Gasteiger partial charge in [0.15, 0.2) is 5.78 Å². The van der Waals surface area contributed by atoms with Crippen molar-refractivity contribution in [3.63, 3.8) is 0 Å². The van der Waals surface area contributed by atoms with Crippen LogP contribution in [0.5, 0.6) is 0 Å². The maximum Gasteiger partial charge on any atom is 0.253 e. The number of hydrogen-bond acceptors (Lipinski definition) is 4.